The molecule has 0 spiro atoms. The Balaban J connectivity index is 2.60. The molecule has 0 aliphatic rings. The maximum Gasteiger partial charge on any atom is 0.266 e. The van der Waals surface area contributed by atoms with Crippen molar-refractivity contribution in [1.82, 2.24) is 9.97 Å². The normalized spacial score (nSPS) is 10.2. The first-order chi connectivity index (χ1) is 8.11. The number of benzene rings is 1. The van der Waals surface area contributed by atoms with Crippen molar-refractivity contribution in [2.24, 2.45) is 0 Å². The fourth-order valence-electron chi connectivity index (χ4n) is 1.43. The summed E-state index contributed by atoms with van der Waals surface area (Å²) in [7, 11) is 1.60. The Labute approximate surface area is 111 Å². The number of rotatable bonds is 2. The molecule has 88 valence electrons. The van der Waals surface area contributed by atoms with Crippen molar-refractivity contribution in [3.8, 4) is 17.0 Å². The topological polar surface area (TPSA) is 57.9 Å². The lowest BCUT2D eigenvalue weighted by atomic mass is 10.1. The first-order valence-corrected chi connectivity index (χ1v) is 5.98. The molecule has 4 nitrogen and oxygen atoms in total. The highest BCUT2D eigenvalue weighted by Gasteiger charge is 2.07. The molecule has 0 aliphatic heterocycles. The fourth-order valence-corrected chi connectivity index (χ4v) is 2.05. The minimum absolute atomic E-state index is 0.250. The molecule has 2 rings (SSSR count). The maximum absolute atomic E-state index is 11.5. The fraction of sp³-hybridized carbons (Fsp3) is 0.0909. The Morgan fingerprint density at radius 1 is 1.24 bits per heavy atom. The number of ether oxygens (including phenoxy) is 1. The van der Waals surface area contributed by atoms with Gasteiger partial charge in [0.1, 0.15) is 10.2 Å². The Bertz CT molecular complexity index is 646. The van der Waals surface area contributed by atoms with Crippen LogP contribution in [0.4, 0.5) is 0 Å². The SMILES string of the molecule is COc1ccc(-c2[nH]c(=S)[nH]c(=O)c2Br)cc1. The molecule has 17 heavy (non-hydrogen) atoms. The van der Waals surface area contributed by atoms with E-state index >= 15 is 0 Å². The molecule has 0 radical (unpaired) electrons. The standard InChI is InChI=1S/C11H9BrN2O2S/c1-16-7-4-2-6(3-5-7)9-8(12)10(15)14-11(17)13-9/h2-5H,1H3,(H2,13,14,15,17). The number of methoxy groups -OCH3 is 1. The number of halogens is 1. The van der Waals surface area contributed by atoms with Gasteiger partial charge >= 0.3 is 0 Å². The molecule has 1 aromatic heterocycles. The Morgan fingerprint density at radius 2 is 1.88 bits per heavy atom. The predicted molar refractivity (Wildman–Crippen MR) is 71.9 cm³/mol. The summed E-state index contributed by atoms with van der Waals surface area (Å²) >= 11 is 8.17. The molecule has 0 atom stereocenters. The summed E-state index contributed by atoms with van der Waals surface area (Å²) in [5, 5.41) is 0. The highest BCUT2D eigenvalue weighted by molar-refractivity contribution is 9.10. The van der Waals surface area contributed by atoms with Gasteiger partial charge in [0.15, 0.2) is 4.77 Å². The first-order valence-electron chi connectivity index (χ1n) is 4.78. The molecule has 0 bridgehead atoms. The van der Waals surface area contributed by atoms with Crippen molar-refractivity contribution >= 4 is 28.1 Å². The van der Waals surface area contributed by atoms with Gasteiger partial charge < -0.3 is 9.72 Å². The highest BCUT2D eigenvalue weighted by Crippen LogP contribution is 2.24. The van der Waals surface area contributed by atoms with E-state index in [1.807, 2.05) is 24.3 Å². The molecule has 0 unspecified atom stereocenters. The summed E-state index contributed by atoms with van der Waals surface area (Å²) in [6, 6.07) is 7.34. The van der Waals surface area contributed by atoms with Crippen LogP contribution in [0.25, 0.3) is 11.3 Å². The molecular weight excluding hydrogens is 304 g/mol. The van der Waals surface area contributed by atoms with E-state index in [2.05, 4.69) is 25.9 Å². The van der Waals surface area contributed by atoms with E-state index in [1.165, 1.54) is 0 Å². The van der Waals surface area contributed by atoms with Crippen molar-refractivity contribution in [2.75, 3.05) is 7.11 Å². The van der Waals surface area contributed by atoms with Crippen LogP contribution in [0, 0.1) is 4.77 Å². The van der Waals surface area contributed by atoms with Crippen LogP contribution >= 0.6 is 28.1 Å². The molecule has 1 heterocycles. The quantitative estimate of drug-likeness (QED) is 0.838. The summed E-state index contributed by atoms with van der Waals surface area (Å²) in [4.78, 5) is 17.0. The second-order valence-electron chi connectivity index (χ2n) is 3.33. The van der Waals surface area contributed by atoms with Crippen molar-refractivity contribution in [3.63, 3.8) is 0 Å². The van der Waals surface area contributed by atoms with E-state index in [4.69, 9.17) is 17.0 Å². The van der Waals surface area contributed by atoms with E-state index in [-0.39, 0.29) is 5.56 Å². The zero-order valence-corrected chi connectivity index (χ0v) is 11.3. The molecule has 2 N–H and O–H groups in total. The molecule has 0 saturated carbocycles. The van der Waals surface area contributed by atoms with Crippen LogP contribution < -0.4 is 10.3 Å². The van der Waals surface area contributed by atoms with Gasteiger partial charge in [-0.05, 0) is 58.0 Å². The minimum Gasteiger partial charge on any atom is -0.497 e. The van der Waals surface area contributed by atoms with Crippen molar-refractivity contribution < 1.29 is 4.74 Å². The number of hydrogen-bond donors (Lipinski definition) is 2. The van der Waals surface area contributed by atoms with Gasteiger partial charge in [-0.1, -0.05) is 0 Å². The second kappa shape index (κ2) is 4.85. The van der Waals surface area contributed by atoms with Crippen LogP contribution in [0.3, 0.4) is 0 Å². The third kappa shape index (κ3) is 2.48. The second-order valence-corrected chi connectivity index (χ2v) is 4.53. The first kappa shape index (κ1) is 12.1. The third-order valence-electron chi connectivity index (χ3n) is 2.26. The van der Waals surface area contributed by atoms with Gasteiger partial charge in [0.2, 0.25) is 0 Å². The summed E-state index contributed by atoms with van der Waals surface area (Å²) < 4.78 is 5.79. The predicted octanol–water partition coefficient (Wildman–Crippen LogP) is 2.87. The smallest absolute Gasteiger partial charge is 0.266 e. The Kier molecular flexibility index (Phi) is 3.44. The summed E-state index contributed by atoms with van der Waals surface area (Å²) in [6.07, 6.45) is 0. The number of hydrogen-bond acceptors (Lipinski definition) is 3. The zero-order chi connectivity index (χ0) is 12.4. The van der Waals surface area contributed by atoms with Crippen LogP contribution in [0.15, 0.2) is 33.5 Å². The van der Waals surface area contributed by atoms with Crippen molar-refractivity contribution in [1.29, 1.82) is 0 Å². The van der Waals surface area contributed by atoms with E-state index in [9.17, 15) is 4.79 Å². The average molecular weight is 313 g/mol. The van der Waals surface area contributed by atoms with E-state index < -0.39 is 0 Å². The summed E-state index contributed by atoms with van der Waals surface area (Å²) in [6.45, 7) is 0. The molecule has 6 heteroatoms. The van der Waals surface area contributed by atoms with Gasteiger partial charge in [-0.15, -0.1) is 0 Å². The van der Waals surface area contributed by atoms with Gasteiger partial charge in [0.25, 0.3) is 5.56 Å². The van der Waals surface area contributed by atoms with Gasteiger partial charge in [-0.3, -0.25) is 9.78 Å². The highest BCUT2D eigenvalue weighted by atomic mass is 79.9. The molecule has 2 aromatic rings. The number of nitrogens with one attached hydrogen (secondary N) is 2. The van der Waals surface area contributed by atoms with Gasteiger partial charge in [0, 0.05) is 0 Å². The lowest BCUT2D eigenvalue weighted by Crippen LogP contribution is -2.09. The molecule has 0 amide bonds. The number of aromatic nitrogens is 2. The Hall–Kier alpha value is -1.40. The number of H-pyrrole nitrogens is 2. The number of aromatic amines is 2. The van der Waals surface area contributed by atoms with Crippen LogP contribution in [-0.4, -0.2) is 17.1 Å². The third-order valence-corrected chi connectivity index (χ3v) is 3.22. The van der Waals surface area contributed by atoms with Crippen LogP contribution in [0.5, 0.6) is 5.75 Å². The largest absolute Gasteiger partial charge is 0.497 e. The van der Waals surface area contributed by atoms with Crippen LogP contribution in [0.2, 0.25) is 0 Å². The van der Waals surface area contributed by atoms with Gasteiger partial charge in [-0.25, -0.2) is 0 Å². The molecule has 0 saturated heterocycles. The lowest BCUT2D eigenvalue weighted by Gasteiger charge is -2.05. The average Bonchev–Trinajstić information content (AvgIpc) is 2.34. The Morgan fingerprint density at radius 3 is 2.47 bits per heavy atom. The molecule has 1 aromatic carbocycles. The maximum atomic E-state index is 11.5. The molecular formula is C11H9BrN2O2S. The minimum atomic E-state index is -0.250. The summed E-state index contributed by atoms with van der Waals surface area (Å²) in [5.74, 6) is 0.758. The van der Waals surface area contributed by atoms with E-state index in [1.54, 1.807) is 7.11 Å². The zero-order valence-electron chi connectivity index (χ0n) is 8.91. The van der Waals surface area contributed by atoms with Crippen molar-refractivity contribution in [3.05, 3.63) is 43.9 Å². The lowest BCUT2D eigenvalue weighted by molar-refractivity contribution is 0.415. The van der Waals surface area contributed by atoms with E-state index in [0.29, 0.717) is 14.9 Å². The van der Waals surface area contributed by atoms with E-state index in [0.717, 1.165) is 11.3 Å². The van der Waals surface area contributed by atoms with Gasteiger partial charge in [0.05, 0.1) is 12.8 Å². The summed E-state index contributed by atoms with van der Waals surface area (Å²) in [5.41, 5.74) is 1.26. The monoisotopic (exact) mass is 312 g/mol. The van der Waals surface area contributed by atoms with Crippen molar-refractivity contribution in [2.45, 2.75) is 0 Å². The van der Waals surface area contributed by atoms with Crippen LogP contribution in [0.1, 0.15) is 0 Å². The van der Waals surface area contributed by atoms with Gasteiger partial charge in [-0.2, -0.15) is 0 Å². The molecule has 0 aliphatic carbocycles. The molecule has 0 fully saturated rings. The van der Waals surface area contributed by atoms with Crippen LogP contribution in [-0.2, 0) is 0 Å².